The average molecular weight is 312 g/mol. The highest BCUT2D eigenvalue weighted by molar-refractivity contribution is 7.89. The van der Waals surface area contributed by atoms with Crippen molar-refractivity contribution in [2.75, 3.05) is 27.7 Å². The van der Waals surface area contributed by atoms with Gasteiger partial charge in [0, 0.05) is 27.2 Å². The van der Waals surface area contributed by atoms with Crippen LogP contribution in [0.1, 0.15) is 18.4 Å². The molecule has 0 saturated heterocycles. The predicted molar refractivity (Wildman–Crippen MR) is 82.4 cm³/mol. The Morgan fingerprint density at radius 3 is 2.48 bits per heavy atom. The number of sulfonamides is 1. The summed E-state index contributed by atoms with van der Waals surface area (Å²) in [7, 11) is 1.72. The highest BCUT2D eigenvalue weighted by Crippen LogP contribution is 2.28. The van der Waals surface area contributed by atoms with Crippen molar-refractivity contribution < 1.29 is 13.5 Å². The molecule has 0 unspecified atom stereocenters. The van der Waals surface area contributed by atoms with E-state index in [1.54, 1.807) is 18.2 Å². The summed E-state index contributed by atoms with van der Waals surface area (Å²) in [5.74, 6) is 0.554. The van der Waals surface area contributed by atoms with E-state index in [-0.39, 0.29) is 6.10 Å². The summed E-state index contributed by atoms with van der Waals surface area (Å²) in [5, 5.41) is 9.31. The maximum absolute atomic E-state index is 12.1. The van der Waals surface area contributed by atoms with Crippen molar-refractivity contribution in [3.63, 3.8) is 0 Å². The van der Waals surface area contributed by atoms with Crippen LogP contribution in [0.2, 0.25) is 0 Å². The van der Waals surface area contributed by atoms with Gasteiger partial charge >= 0.3 is 0 Å². The summed E-state index contributed by atoms with van der Waals surface area (Å²) in [6.45, 7) is 1.64. The molecule has 5 nitrogen and oxygen atoms in total. The summed E-state index contributed by atoms with van der Waals surface area (Å²) in [6, 6.07) is 7.09. The predicted octanol–water partition coefficient (Wildman–Crippen LogP) is 1.14. The Morgan fingerprint density at radius 2 is 1.90 bits per heavy atom. The van der Waals surface area contributed by atoms with Gasteiger partial charge in [-0.1, -0.05) is 12.1 Å². The number of nitrogens with zero attached hydrogens (tertiary/aromatic N) is 2. The van der Waals surface area contributed by atoms with Crippen molar-refractivity contribution in [3.8, 4) is 0 Å². The topological polar surface area (TPSA) is 60.9 Å². The van der Waals surface area contributed by atoms with Crippen molar-refractivity contribution in [2.24, 2.45) is 5.92 Å². The van der Waals surface area contributed by atoms with E-state index in [0.29, 0.717) is 17.4 Å². The number of aliphatic hydroxyl groups excluding tert-OH is 1. The molecule has 1 aromatic carbocycles. The number of hydrogen-bond donors (Lipinski definition) is 1. The molecule has 1 aliphatic rings. The molecule has 0 radical (unpaired) electrons. The second-order valence-corrected chi connectivity index (χ2v) is 8.27. The SMILES string of the molecule is CN(Cc1cccc(S(=O)(=O)N(C)C)c1)CC1CC(O)C1. The van der Waals surface area contributed by atoms with Crippen molar-refractivity contribution >= 4 is 10.0 Å². The molecule has 0 atom stereocenters. The lowest BCUT2D eigenvalue weighted by Crippen LogP contribution is -2.36. The van der Waals surface area contributed by atoms with Crippen LogP contribution in [0, 0.1) is 5.92 Å². The fourth-order valence-electron chi connectivity index (χ4n) is 2.68. The van der Waals surface area contributed by atoms with Crippen LogP contribution in [-0.4, -0.2) is 56.5 Å². The first-order valence-corrected chi connectivity index (χ1v) is 8.61. The summed E-state index contributed by atoms with van der Waals surface area (Å²) >= 11 is 0. The van der Waals surface area contributed by atoms with Crippen molar-refractivity contribution in [2.45, 2.75) is 30.4 Å². The van der Waals surface area contributed by atoms with Crippen LogP contribution in [0.25, 0.3) is 0 Å². The average Bonchev–Trinajstić information content (AvgIpc) is 2.37. The van der Waals surface area contributed by atoms with Gasteiger partial charge in [0.05, 0.1) is 11.0 Å². The van der Waals surface area contributed by atoms with Crippen molar-refractivity contribution in [1.82, 2.24) is 9.21 Å². The molecule has 6 heteroatoms. The number of benzene rings is 1. The van der Waals surface area contributed by atoms with E-state index in [1.165, 1.54) is 18.4 Å². The van der Waals surface area contributed by atoms with Crippen LogP contribution in [0.5, 0.6) is 0 Å². The van der Waals surface area contributed by atoms with Gasteiger partial charge < -0.3 is 10.0 Å². The largest absolute Gasteiger partial charge is 0.393 e. The lowest BCUT2D eigenvalue weighted by Gasteiger charge is -2.34. The van der Waals surface area contributed by atoms with Crippen molar-refractivity contribution in [3.05, 3.63) is 29.8 Å². The molecule has 0 heterocycles. The first kappa shape index (κ1) is 16.4. The van der Waals surface area contributed by atoms with Crippen LogP contribution >= 0.6 is 0 Å². The third-order valence-electron chi connectivity index (χ3n) is 3.91. The Hall–Kier alpha value is -0.950. The number of rotatable bonds is 6. The van der Waals surface area contributed by atoms with Crippen LogP contribution in [0.4, 0.5) is 0 Å². The minimum Gasteiger partial charge on any atom is -0.393 e. The van der Waals surface area contributed by atoms with Gasteiger partial charge in [0.2, 0.25) is 10.0 Å². The molecular formula is C15H24N2O3S. The summed E-state index contributed by atoms with van der Waals surface area (Å²) in [4.78, 5) is 2.51. The second kappa shape index (κ2) is 6.44. The summed E-state index contributed by atoms with van der Waals surface area (Å²) < 4.78 is 25.5. The fourth-order valence-corrected chi connectivity index (χ4v) is 3.65. The lowest BCUT2D eigenvalue weighted by atomic mass is 9.82. The molecule has 1 N–H and O–H groups in total. The van der Waals surface area contributed by atoms with Gasteiger partial charge in [-0.2, -0.15) is 0 Å². The molecular weight excluding hydrogens is 288 g/mol. The standard InChI is InChI=1S/C15H24N2O3S/c1-16(2)21(19,20)15-6-4-5-12(9-15)10-17(3)11-13-7-14(18)8-13/h4-6,9,13-14,18H,7-8,10-11H2,1-3H3. The Balaban J connectivity index is 2.01. The van der Waals surface area contributed by atoms with Crippen LogP contribution in [-0.2, 0) is 16.6 Å². The van der Waals surface area contributed by atoms with E-state index >= 15 is 0 Å². The molecule has 0 spiro atoms. The fraction of sp³-hybridized carbons (Fsp3) is 0.600. The minimum absolute atomic E-state index is 0.128. The highest BCUT2D eigenvalue weighted by atomic mass is 32.2. The Bertz CT molecular complexity index is 580. The Kier molecular flexibility index (Phi) is 5.03. The maximum atomic E-state index is 12.1. The normalized spacial score (nSPS) is 22.6. The number of aliphatic hydroxyl groups is 1. The van der Waals surface area contributed by atoms with E-state index in [1.807, 2.05) is 13.1 Å². The van der Waals surface area contributed by atoms with Gasteiger partial charge in [0.25, 0.3) is 0 Å². The van der Waals surface area contributed by atoms with E-state index in [2.05, 4.69) is 4.90 Å². The molecule has 0 amide bonds. The molecule has 0 aliphatic heterocycles. The van der Waals surface area contributed by atoms with Gasteiger partial charge in [-0.3, -0.25) is 0 Å². The van der Waals surface area contributed by atoms with Gasteiger partial charge in [-0.25, -0.2) is 12.7 Å². The third-order valence-corrected chi connectivity index (χ3v) is 5.72. The zero-order valence-corrected chi connectivity index (χ0v) is 13.7. The quantitative estimate of drug-likeness (QED) is 0.856. The monoisotopic (exact) mass is 312 g/mol. The molecule has 21 heavy (non-hydrogen) atoms. The lowest BCUT2D eigenvalue weighted by molar-refractivity contribution is 0.0274. The summed E-state index contributed by atoms with van der Waals surface area (Å²) in [6.07, 6.45) is 1.62. The van der Waals surface area contributed by atoms with E-state index in [0.717, 1.165) is 24.9 Å². The van der Waals surface area contributed by atoms with Gasteiger partial charge in [-0.15, -0.1) is 0 Å². The van der Waals surface area contributed by atoms with E-state index in [4.69, 9.17) is 0 Å². The third kappa shape index (κ3) is 4.03. The first-order chi connectivity index (χ1) is 9.79. The maximum Gasteiger partial charge on any atom is 0.242 e. The zero-order chi connectivity index (χ0) is 15.6. The van der Waals surface area contributed by atoms with Gasteiger partial charge in [0.15, 0.2) is 0 Å². The van der Waals surface area contributed by atoms with E-state index < -0.39 is 10.0 Å². The van der Waals surface area contributed by atoms with Crippen molar-refractivity contribution in [1.29, 1.82) is 0 Å². The second-order valence-electron chi connectivity index (χ2n) is 6.12. The molecule has 1 fully saturated rings. The molecule has 0 aromatic heterocycles. The molecule has 2 rings (SSSR count). The molecule has 118 valence electrons. The van der Waals surface area contributed by atoms with Gasteiger partial charge in [-0.05, 0) is 43.5 Å². The molecule has 1 aliphatic carbocycles. The van der Waals surface area contributed by atoms with Crippen LogP contribution < -0.4 is 0 Å². The number of hydrogen-bond acceptors (Lipinski definition) is 4. The zero-order valence-electron chi connectivity index (χ0n) is 12.9. The van der Waals surface area contributed by atoms with Crippen LogP contribution in [0.3, 0.4) is 0 Å². The molecule has 0 bridgehead atoms. The highest BCUT2D eigenvalue weighted by Gasteiger charge is 2.27. The van der Waals surface area contributed by atoms with Gasteiger partial charge in [0.1, 0.15) is 0 Å². The van der Waals surface area contributed by atoms with E-state index in [9.17, 15) is 13.5 Å². The minimum atomic E-state index is -3.38. The smallest absolute Gasteiger partial charge is 0.242 e. The Labute approximate surface area is 127 Å². The Morgan fingerprint density at radius 1 is 1.24 bits per heavy atom. The molecule has 1 aromatic rings. The molecule has 1 saturated carbocycles. The summed E-state index contributed by atoms with van der Waals surface area (Å²) in [5.41, 5.74) is 0.986. The first-order valence-electron chi connectivity index (χ1n) is 7.17. The van der Waals surface area contributed by atoms with Crippen LogP contribution in [0.15, 0.2) is 29.2 Å².